The molecule has 0 atom stereocenters. The number of carbonyl (C=O) groups is 2. The molecule has 0 bridgehead atoms. The van der Waals surface area contributed by atoms with Gasteiger partial charge < -0.3 is 5.11 Å². The minimum atomic E-state index is -0.396. The molecule has 2 amide bonds. The fraction of sp³-hybridized carbons (Fsp3) is 0.111. The van der Waals surface area contributed by atoms with Gasteiger partial charge in [-0.2, -0.15) is 5.10 Å². The Morgan fingerprint density at radius 1 is 1.19 bits per heavy atom. The molecule has 0 aliphatic carbocycles. The van der Waals surface area contributed by atoms with Gasteiger partial charge >= 0.3 is 0 Å². The highest BCUT2D eigenvalue weighted by Gasteiger charge is 2.32. The molecule has 8 heteroatoms. The molecule has 0 fully saturated rings. The normalized spacial score (nSPS) is 13.8. The number of carbonyl (C=O) groups excluding carboxylic acids is 2. The van der Waals surface area contributed by atoms with E-state index in [1.54, 1.807) is 42.2 Å². The zero-order valence-electron chi connectivity index (χ0n) is 13.5. The number of aliphatic hydroxyl groups excluding tert-OH is 1. The summed E-state index contributed by atoms with van der Waals surface area (Å²) in [6.07, 6.45) is 3.37. The first kappa shape index (κ1) is 16.4. The monoisotopic (exact) mass is 366 g/mol. The molecule has 1 aliphatic heterocycles. The summed E-state index contributed by atoms with van der Waals surface area (Å²) >= 11 is 1.47. The number of rotatable bonds is 5. The van der Waals surface area contributed by atoms with Gasteiger partial charge in [-0.1, -0.05) is 12.1 Å². The smallest absolute Gasteiger partial charge is 0.261 e. The van der Waals surface area contributed by atoms with Crippen molar-refractivity contribution in [3.63, 3.8) is 0 Å². The Bertz CT molecular complexity index is 1010. The van der Waals surface area contributed by atoms with E-state index in [4.69, 9.17) is 5.11 Å². The Labute approximate surface area is 152 Å². The Morgan fingerprint density at radius 2 is 2.00 bits per heavy atom. The molecule has 0 saturated heterocycles. The number of thiazole rings is 1. The van der Waals surface area contributed by atoms with Crippen LogP contribution in [0, 0.1) is 0 Å². The fourth-order valence-electron chi connectivity index (χ4n) is 3.00. The Kier molecular flexibility index (Phi) is 4.19. The van der Waals surface area contributed by atoms with E-state index >= 15 is 0 Å². The van der Waals surface area contributed by atoms with Crippen molar-refractivity contribution in [2.24, 2.45) is 5.10 Å². The first-order valence-electron chi connectivity index (χ1n) is 7.91. The van der Waals surface area contributed by atoms with Crippen LogP contribution in [0.1, 0.15) is 25.6 Å². The van der Waals surface area contributed by atoms with Crippen molar-refractivity contribution in [1.29, 1.82) is 0 Å². The minimum absolute atomic E-state index is 0.0212. The lowest BCUT2D eigenvalue weighted by Gasteiger charge is -2.27. The van der Waals surface area contributed by atoms with Crippen molar-refractivity contribution in [1.82, 2.24) is 9.88 Å². The van der Waals surface area contributed by atoms with Crippen LogP contribution in [0.15, 0.2) is 47.1 Å². The zero-order chi connectivity index (χ0) is 18.1. The molecule has 0 spiro atoms. The van der Waals surface area contributed by atoms with Crippen molar-refractivity contribution >= 4 is 45.8 Å². The van der Waals surface area contributed by atoms with Gasteiger partial charge in [-0.25, -0.2) is 0 Å². The molecule has 0 unspecified atom stereocenters. The molecule has 1 aliphatic rings. The third kappa shape index (κ3) is 2.65. The SMILES string of the molecule is O=C1c2cccc3c(N/N=C/c4cncs4)ccc(c23)C(=O)N1CCO. The standard InChI is InChI=1S/C18H14N4O3S/c23-7-6-22-17(24)13-3-1-2-12-15(5-4-14(16(12)13)18(22)25)21-20-9-11-8-19-10-26-11/h1-5,8-10,21,23H,6-7H2/b20-9+. The first-order valence-corrected chi connectivity index (χ1v) is 8.79. The highest BCUT2D eigenvalue weighted by Crippen LogP contribution is 2.34. The van der Waals surface area contributed by atoms with Gasteiger partial charge in [0, 0.05) is 28.1 Å². The largest absolute Gasteiger partial charge is 0.395 e. The summed E-state index contributed by atoms with van der Waals surface area (Å²) < 4.78 is 0. The number of hydrogen-bond acceptors (Lipinski definition) is 7. The molecule has 1 aromatic heterocycles. The van der Waals surface area contributed by atoms with E-state index in [1.165, 1.54) is 11.3 Å². The summed E-state index contributed by atoms with van der Waals surface area (Å²) in [6.45, 7) is -0.290. The van der Waals surface area contributed by atoms with E-state index in [9.17, 15) is 9.59 Å². The van der Waals surface area contributed by atoms with Gasteiger partial charge in [0.2, 0.25) is 0 Å². The van der Waals surface area contributed by atoms with Crippen LogP contribution in [0.3, 0.4) is 0 Å². The van der Waals surface area contributed by atoms with Crippen LogP contribution in [0.2, 0.25) is 0 Å². The molecule has 0 radical (unpaired) electrons. The second-order valence-electron chi connectivity index (χ2n) is 5.65. The summed E-state index contributed by atoms with van der Waals surface area (Å²) in [5, 5.41) is 14.7. The molecule has 7 nitrogen and oxygen atoms in total. The number of hydrazone groups is 1. The molecule has 2 aromatic carbocycles. The Balaban J connectivity index is 1.77. The van der Waals surface area contributed by atoms with Gasteiger partial charge in [0.25, 0.3) is 11.8 Å². The number of hydrogen-bond donors (Lipinski definition) is 2. The second-order valence-corrected chi connectivity index (χ2v) is 6.57. The number of anilines is 1. The van der Waals surface area contributed by atoms with E-state index in [2.05, 4.69) is 15.5 Å². The van der Waals surface area contributed by atoms with Crippen molar-refractivity contribution in [3.8, 4) is 0 Å². The Hall–Kier alpha value is -3.10. The van der Waals surface area contributed by atoms with Gasteiger partial charge in [-0.3, -0.25) is 24.9 Å². The summed E-state index contributed by atoms with van der Waals surface area (Å²) in [4.78, 5) is 31.2. The van der Waals surface area contributed by atoms with Crippen molar-refractivity contribution < 1.29 is 14.7 Å². The lowest BCUT2D eigenvalue weighted by molar-refractivity contribution is 0.0580. The van der Waals surface area contributed by atoms with Gasteiger partial charge in [-0.05, 0) is 18.2 Å². The molecule has 2 heterocycles. The number of nitrogens with one attached hydrogen (secondary N) is 1. The lowest BCUT2D eigenvalue weighted by Crippen LogP contribution is -2.41. The third-order valence-electron chi connectivity index (χ3n) is 4.14. The zero-order valence-corrected chi connectivity index (χ0v) is 14.4. The molecular weight excluding hydrogens is 352 g/mol. The average Bonchev–Trinajstić information content (AvgIpc) is 3.17. The summed E-state index contributed by atoms with van der Waals surface area (Å²) in [5.41, 5.74) is 6.28. The number of imide groups is 1. The van der Waals surface area contributed by atoms with Gasteiger partial charge in [-0.15, -0.1) is 11.3 Å². The molecular formula is C18H14N4O3S. The Morgan fingerprint density at radius 3 is 2.73 bits per heavy atom. The highest BCUT2D eigenvalue weighted by molar-refractivity contribution is 7.11. The molecule has 4 rings (SSSR count). The molecule has 130 valence electrons. The molecule has 3 aromatic rings. The van der Waals surface area contributed by atoms with Crippen molar-refractivity contribution in [2.75, 3.05) is 18.6 Å². The van der Waals surface area contributed by atoms with Crippen molar-refractivity contribution in [3.05, 3.63) is 58.0 Å². The fourth-order valence-corrected chi connectivity index (χ4v) is 3.48. The van der Waals surface area contributed by atoms with Crippen LogP contribution in [0.25, 0.3) is 10.8 Å². The van der Waals surface area contributed by atoms with Crippen LogP contribution < -0.4 is 5.43 Å². The minimum Gasteiger partial charge on any atom is -0.395 e. The topological polar surface area (TPSA) is 94.9 Å². The number of nitrogens with zero attached hydrogens (tertiary/aromatic N) is 3. The van der Waals surface area contributed by atoms with Crippen LogP contribution in [-0.2, 0) is 0 Å². The first-order chi connectivity index (χ1) is 12.7. The van der Waals surface area contributed by atoms with E-state index in [-0.39, 0.29) is 13.2 Å². The maximum atomic E-state index is 12.6. The summed E-state index contributed by atoms with van der Waals surface area (Å²) in [7, 11) is 0. The van der Waals surface area contributed by atoms with Crippen LogP contribution in [-0.4, -0.2) is 46.2 Å². The predicted molar refractivity (Wildman–Crippen MR) is 99.7 cm³/mol. The molecule has 0 saturated carbocycles. The molecule has 26 heavy (non-hydrogen) atoms. The quantitative estimate of drug-likeness (QED) is 0.411. The van der Waals surface area contributed by atoms with E-state index in [0.29, 0.717) is 22.2 Å². The van der Waals surface area contributed by atoms with E-state index < -0.39 is 11.8 Å². The number of benzene rings is 2. The second kappa shape index (κ2) is 6.66. The maximum absolute atomic E-state index is 12.6. The van der Waals surface area contributed by atoms with Crippen LogP contribution >= 0.6 is 11.3 Å². The van der Waals surface area contributed by atoms with E-state index in [1.807, 2.05) is 6.07 Å². The predicted octanol–water partition coefficient (Wildman–Crippen LogP) is 2.33. The third-order valence-corrected chi connectivity index (χ3v) is 4.85. The van der Waals surface area contributed by atoms with Crippen LogP contribution in [0.5, 0.6) is 0 Å². The highest BCUT2D eigenvalue weighted by atomic mass is 32.1. The average molecular weight is 366 g/mol. The number of aromatic nitrogens is 1. The summed E-state index contributed by atoms with van der Waals surface area (Å²) in [5.74, 6) is -0.792. The number of amides is 2. The molecule has 2 N–H and O–H groups in total. The van der Waals surface area contributed by atoms with Gasteiger partial charge in [0.05, 0.1) is 35.4 Å². The van der Waals surface area contributed by atoms with Gasteiger partial charge in [0.1, 0.15) is 0 Å². The maximum Gasteiger partial charge on any atom is 0.261 e. The van der Waals surface area contributed by atoms with Gasteiger partial charge in [0.15, 0.2) is 0 Å². The van der Waals surface area contributed by atoms with E-state index in [0.717, 1.165) is 15.2 Å². The van der Waals surface area contributed by atoms with Crippen molar-refractivity contribution in [2.45, 2.75) is 0 Å². The summed E-state index contributed by atoms with van der Waals surface area (Å²) in [6, 6.07) is 8.74. The lowest BCUT2D eigenvalue weighted by atomic mass is 9.93. The van der Waals surface area contributed by atoms with Crippen LogP contribution in [0.4, 0.5) is 5.69 Å². The number of β-amino-alcohol motifs (C(OH)–C–C–N with tert-alkyl or cyclic N) is 1. The number of aliphatic hydroxyl groups is 1.